The van der Waals surface area contributed by atoms with Crippen LogP contribution in [-0.4, -0.2) is 63.6 Å². The average molecular weight is 525 g/mol. The zero-order valence-electron chi connectivity index (χ0n) is 22.2. The number of benzene rings is 2. The summed E-state index contributed by atoms with van der Waals surface area (Å²) in [6, 6.07) is 8.01. The van der Waals surface area contributed by atoms with Gasteiger partial charge in [0, 0.05) is 24.1 Å². The molecule has 3 atom stereocenters. The Kier molecular flexibility index (Phi) is 6.83. The normalized spacial score (nSPS) is 24.8. The molecule has 0 bridgehead atoms. The van der Waals surface area contributed by atoms with Gasteiger partial charge in [-0.1, -0.05) is 22.6 Å². The lowest BCUT2D eigenvalue weighted by atomic mass is 9.82. The van der Waals surface area contributed by atoms with Crippen molar-refractivity contribution in [2.24, 2.45) is 0 Å². The van der Waals surface area contributed by atoms with Gasteiger partial charge in [0.25, 0.3) is 5.24 Å². The van der Waals surface area contributed by atoms with Crippen LogP contribution in [0.15, 0.2) is 24.3 Å². The second kappa shape index (κ2) is 9.80. The van der Waals surface area contributed by atoms with Gasteiger partial charge in [-0.15, -0.1) is 0 Å². The monoisotopic (exact) mass is 524 g/mol. The molecular formula is C29H36N2O5S. The number of aromatic hydroxyl groups is 1. The highest BCUT2D eigenvalue weighted by atomic mass is 32.2. The zero-order chi connectivity index (χ0) is 26.5. The van der Waals surface area contributed by atoms with Gasteiger partial charge in [0.05, 0.1) is 5.75 Å². The smallest absolute Gasteiger partial charge is 0.280 e. The van der Waals surface area contributed by atoms with Crippen molar-refractivity contribution < 1.29 is 24.2 Å². The van der Waals surface area contributed by atoms with E-state index in [-0.39, 0.29) is 28.4 Å². The predicted molar refractivity (Wildman–Crippen MR) is 147 cm³/mol. The molecule has 0 aromatic heterocycles. The molecular weight excluding hydrogens is 488 g/mol. The van der Waals surface area contributed by atoms with Gasteiger partial charge in [0.1, 0.15) is 29.5 Å². The number of nitrogens with zero attached hydrogens (tertiary/aromatic N) is 1. The minimum absolute atomic E-state index is 0.156. The number of hydrogen-bond acceptors (Lipinski definition) is 6. The SMILES string of the molecule is Cc1c(C)c2c(c(C)c1O)C(CN1CCC[C@H]1COc1ccc(C=S3CC(=O)NC3=O)cc1)C(C)(C)O2. The van der Waals surface area contributed by atoms with Crippen molar-refractivity contribution >= 4 is 27.0 Å². The van der Waals surface area contributed by atoms with Gasteiger partial charge >= 0.3 is 0 Å². The number of fused-ring (bicyclic) bond motifs is 1. The first kappa shape index (κ1) is 25.8. The molecule has 0 radical (unpaired) electrons. The molecule has 8 heteroatoms. The van der Waals surface area contributed by atoms with Crippen molar-refractivity contribution in [1.29, 1.82) is 0 Å². The predicted octanol–water partition coefficient (Wildman–Crippen LogP) is 4.78. The lowest BCUT2D eigenvalue weighted by molar-refractivity contribution is -0.117. The summed E-state index contributed by atoms with van der Waals surface area (Å²) in [5.41, 5.74) is 4.54. The number of nitrogens with one attached hydrogen (secondary N) is 1. The van der Waals surface area contributed by atoms with Crippen LogP contribution in [0.3, 0.4) is 0 Å². The second-order valence-electron chi connectivity index (χ2n) is 10.9. The molecule has 2 amide bonds. The van der Waals surface area contributed by atoms with Gasteiger partial charge in [0.15, 0.2) is 0 Å². The minimum Gasteiger partial charge on any atom is -0.507 e. The fraction of sp³-hybridized carbons (Fsp3) is 0.483. The number of carbonyl (C=O) groups is 2. The largest absolute Gasteiger partial charge is 0.507 e. The van der Waals surface area contributed by atoms with E-state index < -0.39 is 10.5 Å². The molecule has 2 aromatic carbocycles. The fourth-order valence-corrected chi connectivity index (χ4v) is 7.16. The first-order valence-corrected chi connectivity index (χ1v) is 14.4. The number of phenolic OH excluding ortho intramolecular Hbond substituents is 1. The number of imide groups is 1. The van der Waals surface area contributed by atoms with Gasteiger partial charge < -0.3 is 14.6 Å². The van der Waals surface area contributed by atoms with E-state index in [0.29, 0.717) is 18.4 Å². The molecule has 2 aromatic rings. The van der Waals surface area contributed by atoms with Crippen LogP contribution in [0.1, 0.15) is 60.4 Å². The summed E-state index contributed by atoms with van der Waals surface area (Å²) in [7, 11) is -0.699. The van der Waals surface area contributed by atoms with Crippen LogP contribution in [0, 0.1) is 20.8 Å². The van der Waals surface area contributed by atoms with Crippen LogP contribution >= 0.6 is 10.5 Å². The Hall–Kier alpha value is -2.84. The van der Waals surface area contributed by atoms with E-state index >= 15 is 0 Å². The summed E-state index contributed by atoms with van der Waals surface area (Å²) in [6.07, 6.45) is 2.21. The number of ether oxygens (including phenoxy) is 2. The summed E-state index contributed by atoms with van der Waals surface area (Å²) >= 11 is 0. The minimum atomic E-state index is -0.699. The fourth-order valence-electron chi connectivity index (χ4n) is 5.75. The van der Waals surface area contributed by atoms with Gasteiger partial charge in [-0.3, -0.25) is 19.8 Å². The number of hydrogen-bond donors (Lipinski definition) is 2. The number of likely N-dealkylation sites (tertiary alicyclic amines) is 1. The van der Waals surface area contributed by atoms with Crippen LogP contribution in [0.5, 0.6) is 17.2 Å². The summed E-state index contributed by atoms with van der Waals surface area (Å²) in [6.45, 7) is 12.8. The summed E-state index contributed by atoms with van der Waals surface area (Å²) in [5.74, 6) is 2.29. The molecule has 0 aliphatic carbocycles. The van der Waals surface area contributed by atoms with E-state index in [1.165, 1.54) is 0 Å². The Morgan fingerprint density at radius 2 is 1.89 bits per heavy atom. The molecule has 7 nitrogen and oxygen atoms in total. The summed E-state index contributed by atoms with van der Waals surface area (Å²) in [5, 5.41) is 14.8. The third-order valence-electron chi connectivity index (χ3n) is 8.10. The third kappa shape index (κ3) is 4.89. The van der Waals surface area contributed by atoms with E-state index in [1.54, 1.807) is 0 Å². The Balaban J connectivity index is 1.26. The molecule has 3 aliphatic rings. The molecule has 2 saturated heterocycles. The maximum absolute atomic E-state index is 11.8. The molecule has 2 N–H and O–H groups in total. The third-order valence-corrected chi connectivity index (χ3v) is 9.81. The van der Waals surface area contributed by atoms with Crippen molar-refractivity contribution in [3.8, 4) is 17.2 Å². The number of phenols is 1. The standard InChI is InChI=1S/C29H36N2O5S/c1-17-18(2)27-25(19(3)26(17)33)23(29(4,5)36-27)13-31-12-6-7-21(31)14-35-22-10-8-20(9-11-22)15-37-16-24(32)30-28(37)34/h8-11,15,21,23,33H,6-7,12-14,16H2,1-5H3,(H,30,32,34)/t21-,23?,37?/m0/s1. The van der Waals surface area contributed by atoms with E-state index in [2.05, 4.69) is 24.1 Å². The first-order valence-electron chi connectivity index (χ1n) is 12.9. The lowest BCUT2D eigenvalue weighted by Crippen LogP contribution is -2.42. The highest BCUT2D eigenvalue weighted by molar-refractivity contribution is 8.28. The van der Waals surface area contributed by atoms with Crippen LogP contribution in [0.4, 0.5) is 4.79 Å². The summed E-state index contributed by atoms with van der Waals surface area (Å²) in [4.78, 5) is 25.8. The van der Waals surface area contributed by atoms with Crippen LogP contribution in [0.2, 0.25) is 0 Å². The van der Waals surface area contributed by atoms with Crippen molar-refractivity contribution in [2.75, 3.05) is 25.4 Å². The second-order valence-corrected chi connectivity index (χ2v) is 12.7. The topological polar surface area (TPSA) is 88.1 Å². The van der Waals surface area contributed by atoms with E-state index in [9.17, 15) is 14.7 Å². The van der Waals surface area contributed by atoms with Gasteiger partial charge in [-0.25, -0.2) is 0 Å². The molecule has 2 unspecified atom stereocenters. The maximum Gasteiger partial charge on any atom is 0.280 e. The van der Waals surface area contributed by atoms with Gasteiger partial charge in [-0.05, 0) is 93.8 Å². The van der Waals surface area contributed by atoms with Crippen LogP contribution in [0.25, 0.3) is 0 Å². The van der Waals surface area contributed by atoms with Gasteiger partial charge in [0.2, 0.25) is 5.91 Å². The average Bonchev–Trinajstić information content (AvgIpc) is 3.51. The lowest BCUT2D eigenvalue weighted by Gasteiger charge is -2.33. The summed E-state index contributed by atoms with van der Waals surface area (Å²) < 4.78 is 12.7. The molecule has 2 fully saturated rings. The molecule has 0 spiro atoms. The van der Waals surface area contributed by atoms with E-state index in [1.807, 2.05) is 50.4 Å². The van der Waals surface area contributed by atoms with Crippen molar-refractivity contribution in [3.05, 3.63) is 52.1 Å². The number of amides is 2. The molecule has 198 valence electrons. The first-order chi connectivity index (χ1) is 17.5. The van der Waals surface area contributed by atoms with E-state index in [0.717, 1.165) is 65.2 Å². The van der Waals surface area contributed by atoms with Crippen LogP contribution in [-0.2, 0) is 4.79 Å². The highest BCUT2D eigenvalue weighted by Gasteiger charge is 2.45. The Morgan fingerprint density at radius 1 is 1.16 bits per heavy atom. The highest BCUT2D eigenvalue weighted by Crippen LogP contribution is 2.52. The molecule has 0 saturated carbocycles. The zero-order valence-corrected chi connectivity index (χ0v) is 23.0. The van der Waals surface area contributed by atoms with Crippen LogP contribution < -0.4 is 14.8 Å². The van der Waals surface area contributed by atoms with E-state index in [4.69, 9.17) is 9.47 Å². The Bertz CT molecular complexity index is 1280. The van der Waals surface area contributed by atoms with Crippen molar-refractivity contribution in [1.82, 2.24) is 10.2 Å². The number of rotatable bonds is 6. The van der Waals surface area contributed by atoms with Crippen molar-refractivity contribution in [2.45, 2.75) is 65.0 Å². The quantitative estimate of drug-likeness (QED) is 0.529. The molecule has 5 rings (SSSR count). The maximum atomic E-state index is 11.8. The Morgan fingerprint density at radius 3 is 2.57 bits per heavy atom. The molecule has 37 heavy (non-hydrogen) atoms. The molecule has 3 heterocycles. The van der Waals surface area contributed by atoms with Gasteiger partial charge in [-0.2, -0.15) is 0 Å². The Labute approximate surface area is 221 Å². The number of carbonyl (C=O) groups excluding carboxylic acids is 2. The van der Waals surface area contributed by atoms with Crippen molar-refractivity contribution in [3.63, 3.8) is 0 Å². The molecule has 3 aliphatic heterocycles.